The van der Waals surface area contributed by atoms with Crippen LogP contribution in [0, 0.1) is 6.92 Å². The van der Waals surface area contributed by atoms with Crippen LogP contribution in [0.2, 0.25) is 5.02 Å². The predicted molar refractivity (Wildman–Crippen MR) is 101 cm³/mol. The summed E-state index contributed by atoms with van der Waals surface area (Å²) in [6.45, 7) is 2.74. The molecule has 2 heterocycles. The number of hydrazine groups is 1. The molecule has 0 saturated carbocycles. The normalized spacial score (nSPS) is 13.0. The summed E-state index contributed by atoms with van der Waals surface area (Å²) < 4.78 is 0. The van der Waals surface area contributed by atoms with Crippen LogP contribution in [0.25, 0.3) is 10.9 Å². The lowest BCUT2D eigenvalue weighted by molar-refractivity contribution is 0.251. The van der Waals surface area contributed by atoms with Crippen molar-refractivity contribution in [3.8, 4) is 0 Å². The Balaban J connectivity index is 1.54. The Kier molecular flexibility index (Phi) is 3.93. The molecule has 2 N–H and O–H groups in total. The third-order valence-electron chi connectivity index (χ3n) is 4.21. The summed E-state index contributed by atoms with van der Waals surface area (Å²) in [5.74, 6) is 0.805. The number of aryl methyl sites for hydroxylation is 1. The van der Waals surface area contributed by atoms with E-state index in [2.05, 4.69) is 35.0 Å². The summed E-state index contributed by atoms with van der Waals surface area (Å²) in [4.78, 5) is 17.0. The van der Waals surface area contributed by atoms with Crippen LogP contribution in [0.4, 0.5) is 16.3 Å². The molecule has 0 fully saturated rings. The van der Waals surface area contributed by atoms with Gasteiger partial charge in [-0.05, 0) is 54.8 Å². The number of amides is 2. The highest BCUT2D eigenvalue weighted by atomic mass is 35.5. The molecule has 5 nitrogen and oxygen atoms in total. The largest absolute Gasteiger partial charge is 0.338 e. The lowest BCUT2D eigenvalue weighted by atomic mass is 10.1. The van der Waals surface area contributed by atoms with Crippen LogP contribution in [0.5, 0.6) is 0 Å². The first kappa shape index (κ1) is 15.7. The Hall–Kier alpha value is -2.79. The highest BCUT2D eigenvalue weighted by Gasteiger charge is 2.23. The van der Waals surface area contributed by atoms with E-state index < -0.39 is 0 Å². The van der Waals surface area contributed by atoms with Gasteiger partial charge in [0.2, 0.25) is 0 Å². The van der Waals surface area contributed by atoms with Gasteiger partial charge in [-0.25, -0.2) is 15.2 Å². The molecule has 0 bridgehead atoms. The predicted octanol–water partition coefficient (Wildman–Crippen LogP) is 4.30. The van der Waals surface area contributed by atoms with Crippen LogP contribution in [-0.2, 0) is 6.42 Å². The molecule has 1 aliphatic rings. The molecular formula is C19H17ClN4O. The second-order valence-electron chi connectivity index (χ2n) is 6.15. The number of fused-ring (bicyclic) bond motifs is 2. The summed E-state index contributed by atoms with van der Waals surface area (Å²) >= 11 is 5.94. The van der Waals surface area contributed by atoms with Crippen molar-refractivity contribution in [2.75, 3.05) is 16.9 Å². The monoisotopic (exact) mass is 352 g/mol. The summed E-state index contributed by atoms with van der Waals surface area (Å²) in [7, 11) is 0. The van der Waals surface area contributed by atoms with Gasteiger partial charge < -0.3 is 5.32 Å². The molecule has 0 saturated heterocycles. The van der Waals surface area contributed by atoms with Crippen molar-refractivity contribution in [2.45, 2.75) is 13.3 Å². The van der Waals surface area contributed by atoms with Crippen LogP contribution in [0.1, 0.15) is 11.1 Å². The van der Waals surface area contributed by atoms with Crippen LogP contribution in [0.3, 0.4) is 0 Å². The number of urea groups is 1. The van der Waals surface area contributed by atoms with Crippen LogP contribution in [0.15, 0.2) is 48.5 Å². The lowest BCUT2D eigenvalue weighted by Gasteiger charge is -2.20. The van der Waals surface area contributed by atoms with Gasteiger partial charge in [-0.1, -0.05) is 29.8 Å². The fourth-order valence-corrected chi connectivity index (χ4v) is 3.21. The average molecular weight is 353 g/mol. The number of benzene rings is 2. The van der Waals surface area contributed by atoms with E-state index in [9.17, 15) is 4.79 Å². The van der Waals surface area contributed by atoms with Gasteiger partial charge in [-0.15, -0.1) is 0 Å². The molecule has 0 radical (unpaired) electrons. The van der Waals surface area contributed by atoms with Gasteiger partial charge in [-0.3, -0.25) is 5.01 Å². The minimum absolute atomic E-state index is 0.318. The number of halogens is 1. The van der Waals surface area contributed by atoms with E-state index in [1.807, 2.05) is 6.92 Å². The number of anilines is 2. The van der Waals surface area contributed by atoms with E-state index in [1.54, 1.807) is 29.3 Å². The van der Waals surface area contributed by atoms with E-state index in [0.29, 0.717) is 17.3 Å². The zero-order chi connectivity index (χ0) is 17.4. The van der Waals surface area contributed by atoms with Gasteiger partial charge in [0.1, 0.15) is 0 Å². The summed E-state index contributed by atoms with van der Waals surface area (Å²) in [5.41, 5.74) is 6.74. The maximum atomic E-state index is 12.3. The van der Waals surface area contributed by atoms with E-state index in [4.69, 9.17) is 16.6 Å². The van der Waals surface area contributed by atoms with E-state index in [-0.39, 0.29) is 6.03 Å². The van der Waals surface area contributed by atoms with Crippen molar-refractivity contribution >= 4 is 40.0 Å². The van der Waals surface area contributed by atoms with Crippen LogP contribution < -0.4 is 15.8 Å². The Morgan fingerprint density at radius 2 is 2.08 bits per heavy atom. The van der Waals surface area contributed by atoms with Gasteiger partial charge in [-0.2, -0.15) is 0 Å². The average Bonchev–Trinajstić information content (AvgIpc) is 2.94. The molecule has 0 unspecified atom stereocenters. The molecule has 25 heavy (non-hydrogen) atoms. The third kappa shape index (κ3) is 3.23. The van der Waals surface area contributed by atoms with Gasteiger partial charge in [0.15, 0.2) is 5.82 Å². The second kappa shape index (κ2) is 6.26. The standard InChI is InChI=1S/C19H17ClN4O/c1-12-5-6-13-10-14-7-8-24(18(14)22-17(13)9-12)23-19(25)21-16-4-2-3-15(20)11-16/h2-6,9-11H,7-8H2,1H3,(H2,21,23,25). The minimum Gasteiger partial charge on any atom is -0.307 e. The van der Waals surface area contributed by atoms with Gasteiger partial charge in [0, 0.05) is 22.6 Å². The molecular weight excluding hydrogens is 336 g/mol. The fraction of sp³-hybridized carbons (Fsp3) is 0.158. The first-order valence-electron chi connectivity index (χ1n) is 8.09. The molecule has 2 aromatic carbocycles. The van der Waals surface area contributed by atoms with Gasteiger partial charge >= 0.3 is 6.03 Å². The van der Waals surface area contributed by atoms with Crippen LogP contribution >= 0.6 is 11.6 Å². The molecule has 126 valence electrons. The third-order valence-corrected chi connectivity index (χ3v) is 4.44. The number of rotatable bonds is 2. The van der Waals surface area contributed by atoms with Crippen molar-refractivity contribution < 1.29 is 4.79 Å². The highest BCUT2D eigenvalue weighted by Crippen LogP contribution is 2.28. The number of nitrogens with one attached hydrogen (secondary N) is 2. The van der Waals surface area contributed by atoms with E-state index >= 15 is 0 Å². The first-order valence-corrected chi connectivity index (χ1v) is 8.47. The number of nitrogens with zero attached hydrogens (tertiary/aromatic N) is 2. The van der Waals surface area contributed by atoms with E-state index in [0.717, 1.165) is 34.3 Å². The SMILES string of the molecule is Cc1ccc2cc3c(nc2c1)N(NC(=O)Nc1cccc(Cl)c1)CC3. The van der Waals surface area contributed by atoms with Crippen molar-refractivity contribution in [3.63, 3.8) is 0 Å². The van der Waals surface area contributed by atoms with Crippen molar-refractivity contribution in [3.05, 3.63) is 64.7 Å². The van der Waals surface area contributed by atoms with Crippen molar-refractivity contribution in [1.82, 2.24) is 10.4 Å². The van der Waals surface area contributed by atoms with Crippen molar-refractivity contribution in [1.29, 1.82) is 0 Å². The Labute approximate surface area is 150 Å². The fourth-order valence-electron chi connectivity index (χ4n) is 3.02. The number of carbonyl (C=O) groups excluding carboxylic acids is 1. The van der Waals surface area contributed by atoms with E-state index in [1.165, 1.54) is 0 Å². The molecule has 0 aliphatic carbocycles. The smallest absolute Gasteiger partial charge is 0.307 e. The quantitative estimate of drug-likeness (QED) is 0.723. The molecule has 1 aliphatic heterocycles. The summed E-state index contributed by atoms with van der Waals surface area (Å²) in [6.07, 6.45) is 0.851. The number of hydrogen-bond acceptors (Lipinski definition) is 3. The second-order valence-corrected chi connectivity index (χ2v) is 6.58. The maximum Gasteiger partial charge on any atom is 0.338 e. The van der Waals surface area contributed by atoms with Crippen molar-refractivity contribution in [2.24, 2.45) is 0 Å². The molecule has 0 spiro atoms. The Morgan fingerprint density at radius 3 is 2.92 bits per heavy atom. The number of hydrogen-bond donors (Lipinski definition) is 2. The number of carbonyl (C=O) groups is 1. The Morgan fingerprint density at radius 1 is 1.20 bits per heavy atom. The topological polar surface area (TPSA) is 57.3 Å². The molecule has 0 atom stereocenters. The zero-order valence-electron chi connectivity index (χ0n) is 13.7. The molecule has 2 amide bonds. The molecule has 1 aromatic heterocycles. The van der Waals surface area contributed by atoms with Crippen LogP contribution in [-0.4, -0.2) is 17.6 Å². The molecule has 3 aromatic rings. The first-order chi connectivity index (χ1) is 12.1. The summed E-state index contributed by atoms with van der Waals surface area (Å²) in [5, 5.41) is 6.27. The molecule has 4 rings (SSSR count). The number of pyridine rings is 1. The summed E-state index contributed by atoms with van der Waals surface area (Å²) in [6, 6.07) is 15.1. The zero-order valence-corrected chi connectivity index (χ0v) is 14.5. The highest BCUT2D eigenvalue weighted by molar-refractivity contribution is 6.30. The minimum atomic E-state index is -0.318. The Bertz CT molecular complexity index is 973. The van der Waals surface area contributed by atoms with Gasteiger partial charge in [0.05, 0.1) is 5.52 Å². The van der Waals surface area contributed by atoms with Gasteiger partial charge in [0.25, 0.3) is 0 Å². The lowest BCUT2D eigenvalue weighted by Crippen LogP contribution is -2.44. The molecule has 6 heteroatoms. The number of aromatic nitrogens is 1. The maximum absolute atomic E-state index is 12.3.